The molecule has 0 unspecified atom stereocenters. The monoisotopic (exact) mass is 416 g/mol. The molecule has 0 saturated carbocycles. The molecule has 142 valence electrons. The first-order valence-electron chi connectivity index (χ1n) is 9.49. The molecule has 4 nitrogen and oxygen atoms in total. The minimum absolute atomic E-state index is 0.00559. The number of allylic oxidation sites excluding steroid dienone is 1. The predicted octanol–water partition coefficient (Wildman–Crippen LogP) is 3.97. The van der Waals surface area contributed by atoms with Gasteiger partial charge in [0.2, 0.25) is 0 Å². The Morgan fingerprint density at radius 2 is 2.03 bits per heavy atom. The highest BCUT2D eigenvalue weighted by Gasteiger charge is 2.32. The summed E-state index contributed by atoms with van der Waals surface area (Å²) < 4.78 is 7.95. The van der Waals surface area contributed by atoms with Gasteiger partial charge in [0.25, 0.3) is 5.56 Å². The second kappa shape index (κ2) is 6.54. The maximum Gasteiger partial charge on any atom is 0.271 e. The summed E-state index contributed by atoms with van der Waals surface area (Å²) in [6, 6.07) is 16.2. The number of benzene rings is 1. The average molecular weight is 417 g/mol. The molecule has 1 aliphatic heterocycles. The molecule has 4 aromatic rings. The third-order valence-electron chi connectivity index (χ3n) is 5.50. The first-order valence-corrected chi connectivity index (χ1v) is 11.2. The van der Waals surface area contributed by atoms with E-state index in [1.54, 1.807) is 17.6 Å². The van der Waals surface area contributed by atoms with Gasteiger partial charge in [-0.2, -0.15) is 0 Å². The van der Waals surface area contributed by atoms with Crippen LogP contribution in [0.5, 0.6) is 0 Å². The van der Waals surface area contributed by atoms with Crippen LogP contribution in [0, 0.1) is 0 Å². The second-order valence-corrected chi connectivity index (χ2v) is 9.13. The minimum atomic E-state index is -0.0895. The van der Waals surface area contributed by atoms with E-state index in [1.807, 2.05) is 22.8 Å². The van der Waals surface area contributed by atoms with Crippen molar-refractivity contribution in [2.45, 2.75) is 18.9 Å². The number of aryl methyl sites for hydroxylation is 1. The molecule has 0 fully saturated rings. The molecular formula is C23H16N2O2S2. The number of hydrogen-bond donors (Lipinski definition) is 0. The first-order chi connectivity index (χ1) is 14.3. The Balaban J connectivity index is 1.66. The largest absolute Gasteiger partial charge is 0.465 e. The lowest BCUT2D eigenvalue weighted by Gasteiger charge is -2.30. The van der Waals surface area contributed by atoms with Gasteiger partial charge < -0.3 is 4.42 Å². The van der Waals surface area contributed by atoms with Crippen LogP contribution >= 0.6 is 22.7 Å². The normalized spacial score (nSPS) is 18.2. The van der Waals surface area contributed by atoms with Crippen molar-refractivity contribution < 1.29 is 4.42 Å². The van der Waals surface area contributed by atoms with E-state index in [4.69, 9.17) is 9.41 Å². The summed E-state index contributed by atoms with van der Waals surface area (Å²) in [7, 11) is 0. The fourth-order valence-corrected chi connectivity index (χ4v) is 6.05. The number of furan rings is 1. The molecule has 0 spiro atoms. The van der Waals surface area contributed by atoms with Gasteiger partial charge in [-0.15, -0.1) is 11.3 Å². The minimum Gasteiger partial charge on any atom is -0.465 e. The van der Waals surface area contributed by atoms with Crippen molar-refractivity contribution in [2.75, 3.05) is 0 Å². The lowest BCUT2D eigenvalue weighted by Crippen LogP contribution is -2.38. The van der Waals surface area contributed by atoms with Crippen LogP contribution < -0.4 is 14.9 Å². The van der Waals surface area contributed by atoms with Crippen LogP contribution in [0.2, 0.25) is 0 Å². The Bertz CT molecular complexity index is 1420. The van der Waals surface area contributed by atoms with Gasteiger partial charge in [0.15, 0.2) is 4.80 Å². The van der Waals surface area contributed by atoms with Crippen molar-refractivity contribution in [2.24, 2.45) is 4.99 Å². The van der Waals surface area contributed by atoms with E-state index >= 15 is 0 Å². The van der Waals surface area contributed by atoms with E-state index in [9.17, 15) is 4.79 Å². The molecule has 29 heavy (non-hydrogen) atoms. The van der Waals surface area contributed by atoms with Crippen LogP contribution in [0.15, 0.2) is 80.0 Å². The summed E-state index contributed by atoms with van der Waals surface area (Å²) in [6.07, 6.45) is 5.32. The second-order valence-electron chi connectivity index (χ2n) is 7.14. The van der Waals surface area contributed by atoms with Gasteiger partial charge in [-0.25, -0.2) is 4.99 Å². The van der Waals surface area contributed by atoms with Crippen LogP contribution in [0.1, 0.15) is 34.2 Å². The third-order valence-corrected chi connectivity index (χ3v) is 7.41. The van der Waals surface area contributed by atoms with Crippen LogP contribution in [0.3, 0.4) is 0 Å². The summed E-state index contributed by atoms with van der Waals surface area (Å²) in [5.41, 5.74) is 4.79. The zero-order valence-corrected chi connectivity index (χ0v) is 17.0. The van der Waals surface area contributed by atoms with E-state index in [0.717, 1.165) is 23.3 Å². The van der Waals surface area contributed by atoms with Gasteiger partial charge in [-0.1, -0.05) is 41.7 Å². The van der Waals surface area contributed by atoms with Gasteiger partial charge in [0, 0.05) is 16.5 Å². The smallest absolute Gasteiger partial charge is 0.271 e. The van der Waals surface area contributed by atoms with Crippen molar-refractivity contribution >= 4 is 34.4 Å². The zero-order chi connectivity index (χ0) is 19.4. The number of thiophene rings is 1. The Labute approximate surface area is 174 Å². The van der Waals surface area contributed by atoms with Gasteiger partial charge in [0.1, 0.15) is 5.76 Å². The van der Waals surface area contributed by atoms with E-state index in [1.165, 1.54) is 32.9 Å². The molecule has 0 bridgehead atoms. The standard InChI is InChI=1S/C23H16N2O2S2/c26-22-19(13-15-6-3-11-27-15)29-23-24-20-16-7-2-1-5-14(16)9-10-17(20)21(25(22)23)18-8-4-12-28-18/h1-8,11-13,21H,9-10H2/t21-/m0/s1. The maximum absolute atomic E-state index is 13.4. The molecule has 1 aliphatic carbocycles. The van der Waals surface area contributed by atoms with E-state index in [-0.39, 0.29) is 11.6 Å². The zero-order valence-electron chi connectivity index (χ0n) is 15.4. The van der Waals surface area contributed by atoms with Gasteiger partial charge in [0.05, 0.1) is 22.5 Å². The summed E-state index contributed by atoms with van der Waals surface area (Å²) in [4.78, 5) is 20.3. The van der Waals surface area contributed by atoms with E-state index < -0.39 is 0 Å². The Morgan fingerprint density at radius 1 is 1.10 bits per heavy atom. The van der Waals surface area contributed by atoms with Gasteiger partial charge in [-0.05, 0) is 47.6 Å². The topological polar surface area (TPSA) is 47.5 Å². The van der Waals surface area contributed by atoms with Crippen molar-refractivity contribution in [1.29, 1.82) is 0 Å². The van der Waals surface area contributed by atoms with Crippen LogP contribution in [-0.2, 0) is 6.42 Å². The molecule has 2 aliphatic rings. The van der Waals surface area contributed by atoms with E-state index in [0.29, 0.717) is 10.3 Å². The molecule has 6 heteroatoms. The molecular weight excluding hydrogens is 400 g/mol. The van der Waals surface area contributed by atoms with Crippen molar-refractivity contribution in [3.63, 3.8) is 0 Å². The van der Waals surface area contributed by atoms with Crippen molar-refractivity contribution in [3.8, 4) is 0 Å². The highest BCUT2D eigenvalue weighted by molar-refractivity contribution is 7.10. The molecule has 6 rings (SSSR count). The highest BCUT2D eigenvalue weighted by Crippen LogP contribution is 2.42. The number of hydrogen-bond acceptors (Lipinski definition) is 5. The lowest BCUT2D eigenvalue weighted by atomic mass is 9.85. The van der Waals surface area contributed by atoms with E-state index in [2.05, 4.69) is 41.8 Å². The number of nitrogens with zero attached hydrogens (tertiary/aromatic N) is 2. The Hall–Kier alpha value is -2.96. The summed E-state index contributed by atoms with van der Waals surface area (Å²) in [6.45, 7) is 0. The molecule has 0 amide bonds. The predicted molar refractivity (Wildman–Crippen MR) is 116 cm³/mol. The number of rotatable bonds is 2. The highest BCUT2D eigenvalue weighted by atomic mass is 32.1. The van der Waals surface area contributed by atoms with Crippen molar-refractivity contribution in [1.82, 2.24) is 4.57 Å². The molecule has 1 aromatic carbocycles. The third kappa shape index (κ3) is 2.63. The lowest BCUT2D eigenvalue weighted by molar-refractivity contribution is 0.556. The Morgan fingerprint density at radius 3 is 2.86 bits per heavy atom. The maximum atomic E-state index is 13.4. The van der Waals surface area contributed by atoms with Gasteiger partial charge >= 0.3 is 0 Å². The first kappa shape index (κ1) is 16.9. The number of aromatic nitrogens is 1. The fraction of sp³-hybridized carbons (Fsp3) is 0.130. The summed E-state index contributed by atoms with van der Waals surface area (Å²) in [5, 5.41) is 2.07. The van der Waals surface area contributed by atoms with Crippen molar-refractivity contribution in [3.05, 3.63) is 107 Å². The SMILES string of the molecule is O=c1c(=Cc2ccco2)sc2n1[C@H](c1cccs1)C1=C(N=2)c2ccccc2CC1. The average Bonchev–Trinajstić information content (AvgIpc) is 3.50. The molecule has 3 aromatic heterocycles. The Kier molecular flexibility index (Phi) is 3.82. The molecule has 1 atom stereocenters. The summed E-state index contributed by atoms with van der Waals surface area (Å²) in [5.74, 6) is 0.678. The molecule has 0 saturated heterocycles. The fourth-order valence-electron chi connectivity index (χ4n) is 4.22. The van der Waals surface area contributed by atoms with Crippen LogP contribution in [0.25, 0.3) is 11.8 Å². The molecule has 0 N–H and O–H groups in total. The van der Waals surface area contributed by atoms with Crippen LogP contribution in [-0.4, -0.2) is 4.57 Å². The number of fused-ring (bicyclic) bond motifs is 3. The van der Waals surface area contributed by atoms with Gasteiger partial charge in [-0.3, -0.25) is 9.36 Å². The summed E-state index contributed by atoms with van der Waals surface area (Å²) >= 11 is 3.12. The molecule has 4 heterocycles. The molecule has 0 radical (unpaired) electrons. The number of thiazole rings is 1. The van der Waals surface area contributed by atoms with Crippen LogP contribution in [0.4, 0.5) is 0 Å². The quantitative estimate of drug-likeness (QED) is 0.496.